The fourth-order valence-electron chi connectivity index (χ4n) is 3.25. The Morgan fingerprint density at radius 3 is 2.74 bits per heavy atom. The SMILES string of the molecule is CC1Nc2ccccc2CC1C(=O)N1CCCCC1. The van der Waals surface area contributed by atoms with Crippen molar-refractivity contribution in [1.29, 1.82) is 0 Å². The lowest BCUT2D eigenvalue weighted by Crippen LogP contribution is -2.47. The van der Waals surface area contributed by atoms with E-state index in [2.05, 4.69) is 35.3 Å². The molecular weight excluding hydrogens is 236 g/mol. The van der Waals surface area contributed by atoms with Gasteiger partial charge in [0.1, 0.15) is 0 Å². The molecule has 0 spiro atoms. The zero-order valence-electron chi connectivity index (χ0n) is 11.6. The minimum Gasteiger partial charge on any atom is -0.382 e. The van der Waals surface area contributed by atoms with Gasteiger partial charge in [0.25, 0.3) is 0 Å². The molecule has 0 aliphatic carbocycles. The zero-order chi connectivity index (χ0) is 13.2. The van der Waals surface area contributed by atoms with Gasteiger partial charge < -0.3 is 10.2 Å². The molecule has 3 heteroatoms. The molecule has 0 bridgehead atoms. The van der Waals surface area contributed by atoms with Crippen LogP contribution in [0.5, 0.6) is 0 Å². The van der Waals surface area contributed by atoms with Crippen molar-refractivity contribution in [2.45, 2.75) is 38.6 Å². The van der Waals surface area contributed by atoms with Crippen LogP contribution in [0, 0.1) is 5.92 Å². The molecular formula is C16H22N2O. The van der Waals surface area contributed by atoms with Crippen LogP contribution in [0.2, 0.25) is 0 Å². The molecule has 1 aromatic rings. The number of rotatable bonds is 1. The highest BCUT2D eigenvalue weighted by molar-refractivity contribution is 5.81. The fourth-order valence-corrected chi connectivity index (χ4v) is 3.25. The van der Waals surface area contributed by atoms with Gasteiger partial charge in [0.2, 0.25) is 5.91 Å². The Bertz CT molecular complexity index is 466. The van der Waals surface area contributed by atoms with Crippen LogP contribution in [0.3, 0.4) is 0 Å². The smallest absolute Gasteiger partial charge is 0.228 e. The second-order valence-electron chi connectivity index (χ2n) is 5.79. The average molecular weight is 258 g/mol. The minimum absolute atomic E-state index is 0.0907. The summed E-state index contributed by atoms with van der Waals surface area (Å²) in [6.07, 6.45) is 4.47. The first-order chi connectivity index (χ1) is 9.25. The lowest BCUT2D eigenvalue weighted by Gasteiger charge is -2.36. The first kappa shape index (κ1) is 12.5. The summed E-state index contributed by atoms with van der Waals surface area (Å²) in [7, 11) is 0. The molecule has 1 fully saturated rings. The lowest BCUT2D eigenvalue weighted by atomic mass is 9.86. The Morgan fingerprint density at radius 2 is 1.95 bits per heavy atom. The minimum atomic E-state index is 0.0907. The third-order valence-corrected chi connectivity index (χ3v) is 4.43. The van der Waals surface area contributed by atoms with Crippen molar-refractivity contribution >= 4 is 11.6 Å². The van der Waals surface area contributed by atoms with Gasteiger partial charge in [-0.25, -0.2) is 0 Å². The number of fused-ring (bicyclic) bond motifs is 1. The van der Waals surface area contributed by atoms with E-state index in [0.29, 0.717) is 5.91 Å². The molecule has 1 aromatic carbocycles. The van der Waals surface area contributed by atoms with E-state index in [1.54, 1.807) is 0 Å². The van der Waals surface area contributed by atoms with E-state index in [4.69, 9.17) is 0 Å². The van der Waals surface area contributed by atoms with Gasteiger partial charge >= 0.3 is 0 Å². The molecule has 1 N–H and O–H groups in total. The first-order valence-electron chi connectivity index (χ1n) is 7.39. The van der Waals surface area contributed by atoms with Crippen LogP contribution in [-0.2, 0) is 11.2 Å². The summed E-state index contributed by atoms with van der Waals surface area (Å²) < 4.78 is 0. The maximum atomic E-state index is 12.7. The number of amides is 1. The van der Waals surface area contributed by atoms with Gasteiger partial charge in [-0.05, 0) is 44.2 Å². The van der Waals surface area contributed by atoms with E-state index in [1.165, 1.54) is 17.7 Å². The summed E-state index contributed by atoms with van der Waals surface area (Å²) >= 11 is 0. The number of carbonyl (C=O) groups excluding carboxylic acids is 1. The van der Waals surface area contributed by atoms with Gasteiger partial charge in [-0.3, -0.25) is 4.79 Å². The molecule has 1 amide bonds. The Hall–Kier alpha value is -1.51. The fraction of sp³-hybridized carbons (Fsp3) is 0.562. The van der Waals surface area contributed by atoms with Crippen LogP contribution in [0.1, 0.15) is 31.7 Å². The number of nitrogens with one attached hydrogen (secondary N) is 1. The Morgan fingerprint density at radius 1 is 1.21 bits per heavy atom. The zero-order valence-corrected chi connectivity index (χ0v) is 11.6. The van der Waals surface area contributed by atoms with E-state index >= 15 is 0 Å². The number of likely N-dealkylation sites (tertiary alicyclic amines) is 1. The molecule has 2 aliphatic heterocycles. The molecule has 3 nitrogen and oxygen atoms in total. The van der Waals surface area contributed by atoms with Crippen molar-refractivity contribution in [3.63, 3.8) is 0 Å². The average Bonchev–Trinajstić information content (AvgIpc) is 2.47. The maximum absolute atomic E-state index is 12.7. The lowest BCUT2D eigenvalue weighted by molar-refractivity contribution is -0.136. The van der Waals surface area contributed by atoms with Crippen molar-refractivity contribution in [1.82, 2.24) is 4.90 Å². The molecule has 1 saturated heterocycles. The third-order valence-electron chi connectivity index (χ3n) is 4.43. The number of carbonyl (C=O) groups is 1. The molecule has 2 aliphatic rings. The van der Waals surface area contributed by atoms with E-state index in [-0.39, 0.29) is 12.0 Å². The quantitative estimate of drug-likeness (QED) is 0.840. The Balaban J connectivity index is 1.76. The number of hydrogen-bond acceptors (Lipinski definition) is 2. The third kappa shape index (κ3) is 2.46. The highest BCUT2D eigenvalue weighted by Gasteiger charge is 2.33. The normalized spacial score (nSPS) is 26.5. The second kappa shape index (κ2) is 5.24. The van der Waals surface area contributed by atoms with E-state index in [9.17, 15) is 4.79 Å². The summed E-state index contributed by atoms with van der Waals surface area (Å²) in [4.78, 5) is 14.7. The number of para-hydroxylation sites is 1. The molecule has 2 atom stereocenters. The van der Waals surface area contributed by atoms with Crippen molar-refractivity contribution in [3.8, 4) is 0 Å². The maximum Gasteiger partial charge on any atom is 0.228 e. The predicted octanol–water partition coefficient (Wildman–Crippen LogP) is 2.67. The summed E-state index contributed by atoms with van der Waals surface area (Å²) in [6, 6.07) is 8.56. The molecule has 0 aromatic heterocycles. The number of hydrogen-bond donors (Lipinski definition) is 1. The van der Waals surface area contributed by atoms with Gasteiger partial charge in [-0.1, -0.05) is 18.2 Å². The largest absolute Gasteiger partial charge is 0.382 e. The standard InChI is InChI=1S/C16H22N2O/c1-12-14(16(19)18-9-5-2-6-10-18)11-13-7-3-4-8-15(13)17-12/h3-4,7-8,12,14,17H,2,5-6,9-11H2,1H3. The topological polar surface area (TPSA) is 32.3 Å². The molecule has 2 unspecified atom stereocenters. The molecule has 0 saturated carbocycles. The van der Waals surface area contributed by atoms with Crippen molar-refractivity contribution in [2.75, 3.05) is 18.4 Å². The molecule has 2 heterocycles. The summed E-state index contributed by atoms with van der Waals surface area (Å²) in [5.74, 6) is 0.433. The number of anilines is 1. The molecule has 0 radical (unpaired) electrons. The molecule has 19 heavy (non-hydrogen) atoms. The second-order valence-corrected chi connectivity index (χ2v) is 5.79. The van der Waals surface area contributed by atoms with E-state index in [1.807, 2.05) is 6.07 Å². The highest BCUT2D eigenvalue weighted by Crippen LogP contribution is 2.29. The number of piperidine rings is 1. The van der Waals surface area contributed by atoms with E-state index in [0.717, 1.165) is 32.4 Å². The van der Waals surface area contributed by atoms with Crippen LogP contribution >= 0.6 is 0 Å². The van der Waals surface area contributed by atoms with Crippen molar-refractivity contribution in [3.05, 3.63) is 29.8 Å². The van der Waals surface area contributed by atoms with Gasteiger partial charge in [-0.2, -0.15) is 0 Å². The van der Waals surface area contributed by atoms with Crippen LogP contribution in [0.25, 0.3) is 0 Å². The van der Waals surface area contributed by atoms with Gasteiger partial charge in [0.05, 0.1) is 5.92 Å². The van der Waals surface area contributed by atoms with Gasteiger partial charge in [0.15, 0.2) is 0 Å². The first-order valence-corrected chi connectivity index (χ1v) is 7.39. The van der Waals surface area contributed by atoms with Crippen LogP contribution in [0.4, 0.5) is 5.69 Å². The van der Waals surface area contributed by atoms with E-state index < -0.39 is 0 Å². The molecule has 102 valence electrons. The monoisotopic (exact) mass is 258 g/mol. The Kier molecular flexibility index (Phi) is 3.45. The van der Waals surface area contributed by atoms with Crippen LogP contribution in [0.15, 0.2) is 24.3 Å². The number of nitrogens with zero attached hydrogens (tertiary/aromatic N) is 1. The number of benzene rings is 1. The highest BCUT2D eigenvalue weighted by atomic mass is 16.2. The summed E-state index contributed by atoms with van der Waals surface area (Å²) in [5.41, 5.74) is 2.47. The van der Waals surface area contributed by atoms with Crippen LogP contribution in [-0.4, -0.2) is 29.9 Å². The predicted molar refractivity (Wildman–Crippen MR) is 77.2 cm³/mol. The van der Waals surface area contributed by atoms with Gasteiger partial charge in [-0.15, -0.1) is 0 Å². The van der Waals surface area contributed by atoms with Gasteiger partial charge in [0, 0.05) is 24.8 Å². The molecule has 3 rings (SSSR count). The van der Waals surface area contributed by atoms with Crippen molar-refractivity contribution < 1.29 is 4.79 Å². The summed E-state index contributed by atoms with van der Waals surface area (Å²) in [5, 5.41) is 3.48. The summed E-state index contributed by atoms with van der Waals surface area (Å²) in [6.45, 7) is 4.02. The van der Waals surface area contributed by atoms with Crippen molar-refractivity contribution in [2.24, 2.45) is 5.92 Å². The Labute approximate surface area is 115 Å². The van der Waals surface area contributed by atoms with Crippen LogP contribution < -0.4 is 5.32 Å².